The number of esters is 1. The lowest BCUT2D eigenvalue weighted by molar-refractivity contribution is 0.0601. The van der Waals surface area contributed by atoms with Gasteiger partial charge >= 0.3 is 5.97 Å². The number of H-pyrrole nitrogens is 1. The summed E-state index contributed by atoms with van der Waals surface area (Å²) in [5.74, 6) is 0.462. The number of halogens is 1. The Kier molecular flexibility index (Phi) is 5.78. The summed E-state index contributed by atoms with van der Waals surface area (Å²) in [4.78, 5) is 36.3. The Morgan fingerprint density at radius 3 is 2.80 bits per heavy atom. The Labute approximate surface area is 181 Å². The summed E-state index contributed by atoms with van der Waals surface area (Å²) < 4.78 is 6.89. The van der Waals surface area contributed by atoms with E-state index in [1.165, 1.54) is 18.9 Å². The third kappa shape index (κ3) is 3.93. The molecule has 0 fully saturated rings. The number of hydrogen-bond acceptors (Lipinski definition) is 6. The summed E-state index contributed by atoms with van der Waals surface area (Å²) in [6.45, 7) is 2.93. The van der Waals surface area contributed by atoms with Gasteiger partial charge in [0.2, 0.25) is 0 Å². The van der Waals surface area contributed by atoms with Gasteiger partial charge in [-0.3, -0.25) is 4.79 Å². The molecule has 9 heteroatoms. The van der Waals surface area contributed by atoms with Crippen LogP contribution >= 0.6 is 23.4 Å². The summed E-state index contributed by atoms with van der Waals surface area (Å²) in [5.41, 5.74) is 2.41. The molecule has 30 heavy (non-hydrogen) atoms. The van der Waals surface area contributed by atoms with Crippen LogP contribution in [0.3, 0.4) is 0 Å². The molecular weight excluding hydrogens is 424 g/mol. The lowest BCUT2D eigenvalue weighted by Crippen LogP contribution is -2.12. The summed E-state index contributed by atoms with van der Waals surface area (Å²) in [6.07, 6.45) is 0.961. The number of rotatable bonds is 6. The second-order valence-corrected chi connectivity index (χ2v) is 8.08. The van der Waals surface area contributed by atoms with Crippen molar-refractivity contribution in [2.45, 2.75) is 30.8 Å². The van der Waals surface area contributed by atoms with Crippen molar-refractivity contribution in [2.75, 3.05) is 7.11 Å². The number of aryl methyl sites for hydroxylation is 1. The molecule has 0 bridgehead atoms. The number of aromatic nitrogens is 4. The standard InChI is InChI=1S/C21H19ClN4O3S/c1-3-8-26-17-7-5-13(22)10-16(17)24-21(26)30-11-18-23-15-9-12(20(28)29-2)4-6-14(15)19(27)25-18/h4-7,9-10H,3,8,11H2,1-2H3,(H,23,25,27). The molecule has 0 unspecified atom stereocenters. The van der Waals surface area contributed by atoms with Crippen molar-refractivity contribution in [1.29, 1.82) is 0 Å². The summed E-state index contributed by atoms with van der Waals surface area (Å²) in [5, 5.41) is 1.89. The minimum atomic E-state index is -0.471. The van der Waals surface area contributed by atoms with Crippen LogP contribution in [0.4, 0.5) is 0 Å². The molecule has 2 aromatic heterocycles. The predicted octanol–water partition coefficient (Wildman–Crippen LogP) is 4.42. The van der Waals surface area contributed by atoms with Crippen LogP contribution in [-0.2, 0) is 17.0 Å². The quantitative estimate of drug-likeness (QED) is 0.351. The van der Waals surface area contributed by atoms with Gasteiger partial charge in [-0.1, -0.05) is 30.3 Å². The van der Waals surface area contributed by atoms with Crippen LogP contribution in [0.1, 0.15) is 29.5 Å². The monoisotopic (exact) mass is 442 g/mol. The first-order valence-electron chi connectivity index (χ1n) is 9.40. The maximum absolute atomic E-state index is 12.5. The second kappa shape index (κ2) is 8.49. The fourth-order valence-electron chi connectivity index (χ4n) is 3.26. The number of hydrogen-bond donors (Lipinski definition) is 1. The van der Waals surface area contributed by atoms with Crippen molar-refractivity contribution in [2.24, 2.45) is 0 Å². The van der Waals surface area contributed by atoms with Gasteiger partial charge in [0.25, 0.3) is 5.56 Å². The highest BCUT2D eigenvalue weighted by atomic mass is 35.5. The maximum atomic E-state index is 12.5. The summed E-state index contributed by atoms with van der Waals surface area (Å²) >= 11 is 7.60. The topological polar surface area (TPSA) is 89.9 Å². The van der Waals surface area contributed by atoms with Crippen LogP contribution in [0.25, 0.3) is 21.9 Å². The molecule has 2 aromatic carbocycles. The SMILES string of the molecule is CCCn1c(SCc2nc3cc(C(=O)OC)ccc3c(=O)[nH]2)nc2cc(Cl)ccc21. The molecule has 4 rings (SSSR count). The van der Waals surface area contributed by atoms with Crippen molar-refractivity contribution in [3.05, 3.63) is 63.2 Å². The highest BCUT2D eigenvalue weighted by Gasteiger charge is 2.14. The minimum Gasteiger partial charge on any atom is -0.465 e. The van der Waals surface area contributed by atoms with Crippen molar-refractivity contribution < 1.29 is 9.53 Å². The zero-order valence-electron chi connectivity index (χ0n) is 16.4. The zero-order valence-corrected chi connectivity index (χ0v) is 18.0. The number of aromatic amines is 1. The number of nitrogens with one attached hydrogen (secondary N) is 1. The number of ether oxygens (including phenoxy) is 1. The average Bonchev–Trinajstić information content (AvgIpc) is 3.08. The molecule has 4 aromatic rings. The molecule has 7 nitrogen and oxygen atoms in total. The Bertz CT molecular complexity index is 1320. The molecule has 0 aliphatic carbocycles. The van der Waals surface area contributed by atoms with Gasteiger partial charge in [0.1, 0.15) is 5.82 Å². The Balaban J connectivity index is 1.67. The van der Waals surface area contributed by atoms with Crippen LogP contribution in [0, 0.1) is 0 Å². The van der Waals surface area contributed by atoms with Gasteiger partial charge in [-0.2, -0.15) is 0 Å². The van der Waals surface area contributed by atoms with Crippen LogP contribution in [-0.4, -0.2) is 32.6 Å². The molecule has 0 radical (unpaired) electrons. The van der Waals surface area contributed by atoms with Gasteiger partial charge in [0, 0.05) is 11.6 Å². The average molecular weight is 443 g/mol. The molecule has 0 amide bonds. The van der Waals surface area contributed by atoms with Gasteiger partial charge in [-0.15, -0.1) is 0 Å². The van der Waals surface area contributed by atoms with E-state index in [-0.39, 0.29) is 5.56 Å². The Morgan fingerprint density at radius 2 is 2.03 bits per heavy atom. The molecule has 0 aliphatic rings. The highest BCUT2D eigenvalue weighted by Crippen LogP contribution is 2.28. The number of benzene rings is 2. The van der Waals surface area contributed by atoms with Gasteiger partial charge in [-0.05, 0) is 42.8 Å². The van der Waals surface area contributed by atoms with E-state index in [0.29, 0.717) is 33.1 Å². The second-order valence-electron chi connectivity index (χ2n) is 6.70. The van der Waals surface area contributed by atoms with Crippen LogP contribution < -0.4 is 5.56 Å². The number of thioether (sulfide) groups is 1. The van der Waals surface area contributed by atoms with Crippen molar-refractivity contribution >= 4 is 51.3 Å². The fourth-order valence-corrected chi connectivity index (χ4v) is 4.34. The maximum Gasteiger partial charge on any atom is 0.337 e. The van der Waals surface area contributed by atoms with E-state index in [0.717, 1.165) is 29.2 Å². The normalized spacial score (nSPS) is 11.3. The van der Waals surface area contributed by atoms with E-state index in [1.54, 1.807) is 18.2 Å². The van der Waals surface area contributed by atoms with E-state index >= 15 is 0 Å². The lowest BCUT2D eigenvalue weighted by Gasteiger charge is -2.08. The highest BCUT2D eigenvalue weighted by molar-refractivity contribution is 7.98. The minimum absolute atomic E-state index is 0.249. The molecule has 154 valence electrons. The molecule has 1 N–H and O–H groups in total. The van der Waals surface area contributed by atoms with E-state index < -0.39 is 5.97 Å². The first-order valence-corrected chi connectivity index (χ1v) is 10.8. The van der Waals surface area contributed by atoms with E-state index in [2.05, 4.69) is 21.5 Å². The van der Waals surface area contributed by atoms with Gasteiger partial charge in [-0.25, -0.2) is 14.8 Å². The first kappa shape index (κ1) is 20.4. The van der Waals surface area contributed by atoms with Gasteiger partial charge < -0.3 is 14.3 Å². The molecule has 0 saturated carbocycles. The largest absolute Gasteiger partial charge is 0.465 e. The Morgan fingerprint density at radius 1 is 1.20 bits per heavy atom. The fraction of sp³-hybridized carbons (Fsp3) is 0.238. The number of imidazole rings is 1. The van der Waals surface area contributed by atoms with Crippen molar-refractivity contribution in [3.8, 4) is 0 Å². The molecule has 2 heterocycles. The van der Waals surface area contributed by atoms with E-state index in [4.69, 9.17) is 21.3 Å². The number of fused-ring (bicyclic) bond motifs is 2. The molecule has 0 atom stereocenters. The van der Waals surface area contributed by atoms with E-state index in [9.17, 15) is 9.59 Å². The molecule has 0 spiro atoms. The Hall–Kier alpha value is -2.84. The smallest absolute Gasteiger partial charge is 0.337 e. The lowest BCUT2D eigenvalue weighted by atomic mass is 10.1. The summed E-state index contributed by atoms with van der Waals surface area (Å²) in [6, 6.07) is 10.4. The molecule has 0 saturated heterocycles. The third-order valence-electron chi connectivity index (χ3n) is 4.64. The van der Waals surface area contributed by atoms with Crippen LogP contribution in [0.5, 0.6) is 0 Å². The van der Waals surface area contributed by atoms with Crippen LogP contribution in [0.15, 0.2) is 46.3 Å². The third-order valence-corrected chi connectivity index (χ3v) is 5.86. The number of carbonyl (C=O) groups is 1. The predicted molar refractivity (Wildman–Crippen MR) is 118 cm³/mol. The van der Waals surface area contributed by atoms with Gasteiger partial charge in [0.15, 0.2) is 5.16 Å². The van der Waals surface area contributed by atoms with Crippen LogP contribution in [0.2, 0.25) is 5.02 Å². The molecular formula is C21H19ClN4O3S. The first-order chi connectivity index (χ1) is 14.5. The van der Waals surface area contributed by atoms with Gasteiger partial charge in [0.05, 0.1) is 40.4 Å². The number of nitrogens with zero attached hydrogens (tertiary/aromatic N) is 3. The summed E-state index contributed by atoms with van der Waals surface area (Å²) in [7, 11) is 1.31. The number of methoxy groups -OCH3 is 1. The van der Waals surface area contributed by atoms with E-state index in [1.807, 2.05) is 18.2 Å². The molecule has 0 aliphatic heterocycles. The van der Waals surface area contributed by atoms with Crippen molar-refractivity contribution in [3.63, 3.8) is 0 Å². The van der Waals surface area contributed by atoms with Crippen molar-refractivity contribution in [1.82, 2.24) is 19.5 Å². The number of carbonyl (C=O) groups excluding carboxylic acids is 1. The zero-order chi connectivity index (χ0) is 21.3.